The van der Waals surface area contributed by atoms with E-state index in [1.165, 1.54) is 24.4 Å². The summed E-state index contributed by atoms with van der Waals surface area (Å²) < 4.78 is 20.6. The Hall–Kier alpha value is -4.24. The molecule has 0 bridgehead atoms. The molecule has 0 aliphatic heterocycles. The van der Waals surface area contributed by atoms with Crippen LogP contribution < -0.4 is 10.1 Å². The van der Waals surface area contributed by atoms with E-state index in [0.717, 1.165) is 11.3 Å². The van der Waals surface area contributed by atoms with Crippen molar-refractivity contribution < 1.29 is 13.9 Å². The number of methoxy groups -OCH3 is 1. The number of aromatic amines is 1. The average Bonchev–Trinajstić information content (AvgIpc) is 3.43. The summed E-state index contributed by atoms with van der Waals surface area (Å²) in [5, 5.41) is 7.64. The van der Waals surface area contributed by atoms with Crippen molar-refractivity contribution in [1.29, 1.82) is 0 Å². The van der Waals surface area contributed by atoms with E-state index in [9.17, 15) is 9.18 Å². The Morgan fingerprint density at radius 1 is 1.15 bits per heavy atom. The second kappa shape index (κ2) is 8.95. The van der Waals surface area contributed by atoms with Crippen molar-refractivity contribution in [3.8, 4) is 17.3 Å². The first-order valence-electron chi connectivity index (χ1n) is 10.3. The highest BCUT2D eigenvalue weighted by Gasteiger charge is 2.17. The van der Waals surface area contributed by atoms with Gasteiger partial charge in [0.15, 0.2) is 11.6 Å². The molecule has 0 unspecified atom stereocenters. The number of benzene rings is 2. The van der Waals surface area contributed by atoms with Crippen LogP contribution in [0, 0.1) is 5.82 Å². The zero-order valence-corrected chi connectivity index (χ0v) is 18.7. The number of hydrogen-bond donors (Lipinski definition) is 2. The summed E-state index contributed by atoms with van der Waals surface area (Å²) in [6, 6.07) is 16.7. The lowest BCUT2D eigenvalue weighted by atomic mass is 10.2. The van der Waals surface area contributed by atoms with Gasteiger partial charge in [0.05, 0.1) is 30.3 Å². The number of rotatable bonds is 6. The highest BCUT2D eigenvalue weighted by atomic mass is 35.5. The molecule has 0 atom stereocenters. The predicted octanol–water partition coefficient (Wildman–Crippen LogP) is 4.92. The SMILES string of the molecule is COc1ccc(Cn2nc(NC(=O)c3ccc(Cl)nc3)cc2-c2nc3cc(F)ccc3[nH]2)cc1. The Balaban J connectivity index is 1.51. The highest BCUT2D eigenvalue weighted by molar-refractivity contribution is 6.29. The van der Waals surface area contributed by atoms with Crippen LogP contribution in [-0.2, 0) is 6.54 Å². The minimum Gasteiger partial charge on any atom is -0.497 e. The van der Waals surface area contributed by atoms with Gasteiger partial charge in [0.2, 0.25) is 0 Å². The number of ether oxygens (including phenoxy) is 1. The molecule has 0 radical (unpaired) electrons. The molecular weight excluding hydrogens is 459 g/mol. The van der Waals surface area contributed by atoms with Crippen molar-refractivity contribution in [2.75, 3.05) is 12.4 Å². The third kappa shape index (κ3) is 4.46. The zero-order chi connectivity index (χ0) is 23.7. The minimum atomic E-state index is -0.378. The number of nitrogens with one attached hydrogen (secondary N) is 2. The summed E-state index contributed by atoms with van der Waals surface area (Å²) in [6.07, 6.45) is 1.39. The smallest absolute Gasteiger partial charge is 0.258 e. The van der Waals surface area contributed by atoms with Crippen molar-refractivity contribution in [2.45, 2.75) is 6.54 Å². The number of carbonyl (C=O) groups excluding carboxylic acids is 1. The number of halogens is 2. The molecule has 3 aromatic heterocycles. The van der Waals surface area contributed by atoms with Crippen LogP contribution >= 0.6 is 11.6 Å². The van der Waals surface area contributed by atoms with Gasteiger partial charge in [-0.1, -0.05) is 23.7 Å². The molecule has 2 N–H and O–H groups in total. The number of H-pyrrole nitrogens is 1. The van der Waals surface area contributed by atoms with Crippen LogP contribution in [0.2, 0.25) is 5.15 Å². The molecule has 34 heavy (non-hydrogen) atoms. The van der Waals surface area contributed by atoms with Gasteiger partial charge in [0.1, 0.15) is 22.4 Å². The maximum absolute atomic E-state index is 13.7. The van der Waals surface area contributed by atoms with Crippen molar-refractivity contribution in [3.63, 3.8) is 0 Å². The zero-order valence-electron chi connectivity index (χ0n) is 17.9. The van der Waals surface area contributed by atoms with E-state index in [0.29, 0.717) is 45.6 Å². The van der Waals surface area contributed by atoms with E-state index < -0.39 is 0 Å². The molecule has 0 spiro atoms. The molecule has 5 aromatic rings. The van der Waals surface area contributed by atoms with Crippen molar-refractivity contribution in [2.24, 2.45) is 0 Å². The Bertz CT molecular complexity index is 1480. The fourth-order valence-electron chi connectivity index (χ4n) is 3.49. The topological polar surface area (TPSA) is 97.7 Å². The van der Waals surface area contributed by atoms with Crippen LogP contribution in [0.15, 0.2) is 66.9 Å². The molecular formula is C24H18ClFN6O2. The van der Waals surface area contributed by atoms with E-state index in [-0.39, 0.29) is 11.7 Å². The van der Waals surface area contributed by atoms with E-state index in [1.54, 1.807) is 30.0 Å². The van der Waals surface area contributed by atoms with Crippen LogP contribution in [0.5, 0.6) is 5.75 Å². The van der Waals surface area contributed by atoms with Crippen LogP contribution in [0.3, 0.4) is 0 Å². The molecule has 0 fully saturated rings. The maximum Gasteiger partial charge on any atom is 0.258 e. The number of fused-ring (bicyclic) bond motifs is 1. The lowest BCUT2D eigenvalue weighted by Crippen LogP contribution is -2.13. The van der Waals surface area contributed by atoms with Crippen LogP contribution in [-0.4, -0.2) is 37.7 Å². The van der Waals surface area contributed by atoms with E-state index in [1.807, 2.05) is 24.3 Å². The van der Waals surface area contributed by atoms with E-state index in [4.69, 9.17) is 16.3 Å². The number of anilines is 1. The van der Waals surface area contributed by atoms with Gasteiger partial charge in [0.25, 0.3) is 5.91 Å². The minimum absolute atomic E-state index is 0.295. The Kier molecular flexibility index (Phi) is 5.69. The largest absolute Gasteiger partial charge is 0.497 e. The molecule has 170 valence electrons. The molecule has 2 aromatic carbocycles. The summed E-state index contributed by atoms with van der Waals surface area (Å²) in [6.45, 7) is 0.406. The molecule has 3 heterocycles. The van der Waals surface area contributed by atoms with Crippen molar-refractivity contribution in [3.05, 3.63) is 89.0 Å². The number of nitrogens with zero attached hydrogens (tertiary/aromatic N) is 4. The summed E-state index contributed by atoms with van der Waals surface area (Å²) in [7, 11) is 1.61. The fourth-order valence-corrected chi connectivity index (χ4v) is 3.60. The first kappa shape index (κ1) is 21.6. The molecule has 10 heteroatoms. The van der Waals surface area contributed by atoms with E-state index in [2.05, 4.69) is 25.4 Å². The van der Waals surface area contributed by atoms with Gasteiger partial charge >= 0.3 is 0 Å². The number of pyridine rings is 1. The summed E-state index contributed by atoms with van der Waals surface area (Å²) >= 11 is 5.81. The third-order valence-corrected chi connectivity index (χ3v) is 5.41. The van der Waals surface area contributed by atoms with Crippen molar-refractivity contribution >= 4 is 34.4 Å². The van der Waals surface area contributed by atoms with Gasteiger partial charge in [-0.2, -0.15) is 5.10 Å². The summed E-state index contributed by atoms with van der Waals surface area (Å²) in [5.74, 6) is 0.817. The molecule has 0 saturated carbocycles. The van der Waals surface area contributed by atoms with Crippen LogP contribution in [0.1, 0.15) is 15.9 Å². The monoisotopic (exact) mass is 476 g/mol. The first-order valence-corrected chi connectivity index (χ1v) is 10.7. The van der Waals surface area contributed by atoms with Gasteiger partial charge in [0, 0.05) is 18.3 Å². The standard InChI is InChI=1S/C24H18ClFN6O2/c1-34-17-6-2-14(3-7-17)13-32-20(23-28-18-8-5-16(26)10-19(18)29-23)11-22(31-32)30-24(33)15-4-9-21(25)27-12-15/h2-12H,13H2,1H3,(H,28,29)(H,30,31,33). The molecule has 5 rings (SSSR count). The average molecular weight is 477 g/mol. The molecule has 1 amide bonds. The lowest BCUT2D eigenvalue weighted by Gasteiger charge is -2.07. The number of imidazole rings is 1. The third-order valence-electron chi connectivity index (χ3n) is 5.19. The van der Waals surface area contributed by atoms with Gasteiger partial charge in [-0.3, -0.25) is 9.48 Å². The lowest BCUT2D eigenvalue weighted by molar-refractivity contribution is 0.102. The maximum atomic E-state index is 13.7. The van der Waals surface area contributed by atoms with E-state index >= 15 is 0 Å². The Labute approximate surface area is 198 Å². The van der Waals surface area contributed by atoms with Gasteiger partial charge in [-0.15, -0.1) is 0 Å². The molecule has 0 aliphatic carbocycles. The van der Waals surface area contributed by atoms with Gasteiger partial charge < -0.3 is 15.0 Å². The number of aromatic nitrogens is 5. The van der Waals surface area contributed by atoms with Crippen LogP contribution in [0.25, 0.3) is 22.6 Å². The summed E-state index contributed by atoms with van der Waals surface area (Å²) in [5.41, 5.74) is 3.11. The van der Waals surface area contributed by atoms with Crippen molar-refractivity contribution in [1.82, 2.24) is 24.7 Å². The van der Waals surface area contributed by atoms with Gasteiger partial charge in [-0.05, 0) is 42.0 Å². The second-order valence-corrected chi connectivity index (χ2v) is 7.88. The second-order valence-electron chi connectivity index (χ2n) is 7.49. The Morgan fingerprint density at radius 2 is 1.97 bits per heavy atom. The number of hydrogen-bond acceptors (Lipinski definition) is 5. The molecule has 0 aliphatic rings. The predicted molar refractivity (Wildman–Crippen MR) is 127 cm³/mol. The molecule has 0 saturated heterocycles. The van der Waals surface area contributed by atoms with Crippen LogP contribution in [0.4, 0.5) is 10.2 Å². The fraction of sp³-hybridized carbons (Fsp3) is 0.0833. The first-order chi connectivity index (χ1) is 16.5. The number of carbonyl (C=O) groups is 1. The normalized spacial score (nSPS) is 11.0. The Morgan fingerprint density at radius 3 is 2.71 bits per heavy atom. The number of amides is 1. The summed E-state index contributed by atoms with van der Waals surface area (Å²) in [4.78, 5) is 24.3. The highest BCUT2D eigenvalue weighted by Crippen LogP contribution is 2.25. The quantitative estimate of drug-likeness (QED) is 0.339. The van der Waals surface area contributed by atoms with Gasteiger partial charge in [-0.25, -0.2) is 14.4 Å². The molecule has 8 nitrogen and oxygen atoms in total.